The SMILES string of the molecule is COc1ccc(NC(=O)COC(=O)c2c(C)c(-c3ccc(OCc4ccccc4)cc3)nc3ccccc23)cc1. The minimum absolute atomic E-state index is 0.377. The van der Waals surface area contributed by atoms with Gasteiger partial charge in [0.15, 0.2) is 6.61 Å². The fraction of sp³-hybridized carbons (Fsp3) is 0.121. The van der Waals surface area contributed by atoms with Crippen LogP contribution in [-0.2, 0) is 16.1 Å². The van der Waals surface area contributed by atoms with Crippen LogP contribution in [0.15, 0.2) is 103 Å². The van der Waals surface area contributed by atoms with Crippen molar-refractivity contribution < 1.29 is 23.8 Å². The van der Waals surface area contributed by atoms with Crippen LogP contribution in [0.25, 0.3) is 22.2 Å². The van der Waals surface area contributed by atoms with E-state index in [2.05, 4.69) is 5.32 Å². The van der Waals surface area contributed by atoms with Gasteiger partial charge in [0, 0.05) is 16.6 Å². The Balaban J connectivity index is 1.34. The smallest absolute Gasteiger partial charge is 0.339 e. The number of rotatable bonds is 9. The van der Waals surface area contributed by atoms with Gasteiger partial charge in [-0.25, -0.2) is 9.78 Å². The van der Waals surface area contributed by atoms with E-state index in [1.807, 2.05) is 85.8 Å². The number of methoxy groups -OCH3 is 1. The van der Waals surface area contributed by atoms with Gasteiger partial charge in [0.25, 0.3) is 5.91 Å². The summed E-state index contributed by atoms with van der Waals surface area (Å²) in [5.41, 5.74) is 4.84. The van der Waals surface area contributed by atoms with Gasteiger partial charge in [0.2, 0.25) is 0 Å². The standard InChI is InChI=1S/C33H28N2O5/c1-22-31(33(37)40-21-30(36)34-25-14-18-26(38-2)19-15-25)28-10-6-7-11-29(28)35-32(22)24-12-16-27(17-13-24)39-20-23-8-4-3-5-9-23/h3-19H,20-21H2,1-2H3,(H,34,36). The number of nitrogens with zero attached hydrogens (tertiary/aromatic N) is 1. The van der Waals surface area contributed by atoms with Crippen LogP contribution in [0.2, 0.25) is 0 Å². The molecule has 0 spiro atoms. The van der Waals surface area contributed by atoms with Crippen molar-refractivity contribution in [3.63, 3.8) is 0 Å². The van der Waals surface area contributed by atoms with Crippen LogP contribution < -0.4 is 14.8 Å². The maximum absolute atomic E-state index is 13.3. The van der Waals surface area contributed by atoms with E-state index in [-0.39, 0.29) is 0 Å². The van der Waals surface area contributed by atoms with Crippen molar-refractivity contribution in [1.29, 1.82) is 0 Å². The Labute approximate surface area is 232 Å². The summed E-state index contributed by atoms with van der Waals surface area (Å²) >= 11 is 0. The molecule has 0 saturated heterocycles. The van der Waals surface area contributed by atoms with Gasteiger partial charge in [-0.1, -0.05) is 48.5 Å². The number of fused-ring (bicyclic) bond motifs is 1. The van der Waals surface area contributed by atoms with E-state index < -0.39 is 18.5 Å². The molecule has 0 radical (unpaired) electrons. The predicted molar refractivity (Wildman–Crippen MR) is 155 cm³/mol. The van der Waals surface area contributed by atoms with Crippen molar-refractivity contribution in [1.82, 2.24) is 4.98 Å². The number of anilines is 1. The zero-order valence-corrected chi connectivity index (χ0v) is 22.2. The Morgan fingerprint density at radius 1 is 0.800 bits per heavy atom. The molecule has 0 atom stereocenters. The lowest BCUT2D eigenvalue weighted by atomic mass is 9.97. The van der Waals surface area contributed by atoms with E-state index in [1.165, 1.54) is 0 Å². The summed E-state index contributed by atoms with van der Waals surface area (Å²) < 4.78 is 16.5. The molecule has 1 aromatic heterocycles. The largest absolute Gasteiger partial charge is 0.497 e. The molecule has 1 heterocycles. The van der Waals surface area contributed by atoms with E-state index in [9.17, 15) is 9.59 Å². The van der Waals surface area contributed by atoms with E-state index in [0.29, 0.717) is 45.8 Å². The maximum atomic E-state index is 13.3. The fourth-order valence-corrected chi connectivity index (χ4v) is 4.38. The van der Waals surface area contributed by atoms with E-state index in [4.69, 9.17) is 19.2 Å². The van der Waals surface area contributed by atoms with Crippen molar-refractivity contribution in [3.8, 4) is 22.8 Å². The first kappa shape index (κ1) is 26.4. The highest BCUT2D eigenvalue weighted by molar-refractivity contribution is 6.07. The topological polar surface area (TPSA) is 86.8 Å². The van der Waals surface area contributed by atoms with Gasteiger partial charge in [0.1, 0.15) is 18.1 Å². The Morgan fingerprint density at radius 2 is 1.48 bits per heavy atom. The van der Waals surface area contributed by atoms with Gasteiger partial charge in [-0.3, -0.25) is 4.79 Å². The average molecular weight is 533 g/mol. The second-order valence-electron chi connectivity index (χ2n) is 9.13. The number of hydrogen-bond donors (Lipinski definition) is 1. The molecule has 0 aliphatic rings. The molecule has 7 heteroatoms. The summed E-state index contributed by atoms with van der Waals surface area (Å²) in [4.78, 5) is 30.6. The van der Waals surface area contributed by atoms with Crippen molar-refractivity contribution in [2.45, 2.75) is 13.5 Å². The number of carbonyl (C=O) groups is 2. The molecule has 5 rings (SSSR count). The normalized spacial score (nSPS) is 10.7. The third-order valence-electron chi connectivity index (χ3n) is 6.42. The number of amides is 1. The molecule has 7 nitrogen and oxygen atoms in total. The van der Waals surface area contributed by atoms with Crippen LogP contribution in [0.4, 0.5) is 5.69 Å². The van der Waals surface area contributed by atoms with Crippen molar-refractivity contribution in [3.05, 3.63) is 120 Å². The summed E-state index contributed by atoms with van der Waals surface area (Å²) in [5.74, 6) is 0.370. The molecule has 0 bridgehead atoms. The Bertz CT molecular complexity index is 1630. The summed E-state index contributed by atoms with van der Waals surface area (Å²) in [6, 6.07) is 31.8. The zero-order chi connectivity index (χ0) is 27.9. The lowest BCUT2D eigenvalue weighted by Gasteiger charge is -2.15. The van der Waals surface area contributed by atoms with Gasteiger partial charge in [-0.2, -0.15) is 0 Å². The monoisotopic (exact) mass is 532 g/mol. The molecule has 1 amide bonds. The Morgan fingerprint density at radius 3 is 2.20 bits per heavy atom. The van der Waals surface area contributed by atoms with E-state index >= 15 is 0 Å². The Hall–Kier alpha value is -5.17. The minimum Gasteiger partial charge on any atom is -0.497 e. The average Bonchev–Trinajstić information content (AvgIpc) is 3.00. The molecular weight excluding hydrogens is 504 g/mol. The number of hydrogen-bond acceptors (Lipinski definition) is 6. The molecule has 200 valence electrons. The Kier molecular flexibility index (Phi) is 8.02. The molecule has 4 aromatic carbocycles. The number of carbonyl (C=O) groups excluding carboxylic acids is 2. The molecule has 0 saturated carbocycles. The van der Waals surface area contributed by atoms with Crippen molar-refractivity contribution in [2.75, 3.05) is 19.0 Å². The highest BCUT2D eigenvalue weighted by atomic mass is 16.5. The molecule has 1 N–H and O–H groups in total. The van der Waals surface area contributed by atoms with Crippen molar-refractivity contribution in [2.24, 2.45) is 0 Å². The first-order valence-electron chi connectivity index (χ1n) is 12.8. The second-order valence-corrected chi connectivity index (χ2v) is 9.13. The van der Waals surface area contributed by atoms with Crippen LogP contribution in [0.3, 0.4) is 0 Å². The molecule has 5 aromatic rings. The van der Waals surface area contributed by atoms with E-state index in [1.54, 1.807) is 31.4 Å². The molecule has 40 heavy (non-hydrogen) atoms. The molecular formula is C33H28N2O5. The number of para-hydroxylation sites is 1. The molecule has 0 fully saturated rings. The first-order valence-corrected chi connectivity index (χ1v) is 12.8. The van der Waals surface area contributed by atoms with Crippen LogP contribution in [0.5, 0.6) is 11.5 Å². The van der Waals surface area contributed by atoms with Gasteiger partial charge in [0.05, 0.1) is 23.9 Å². The van der Waals surface area contributed by atoms with E-state index in [0.717, 1.165) is 16.9 Å². The number of benzene rings is 4. The summed E-state index contributed by atoms with van der Waals surface area (Å²) in [6.07, 6.45) is 0. The third-order valence-corrected chi connectivity index (χ3v) is 6.42. The lowest BCUT2D eigenvalue weighted by Crippen LogP contribution is -2.21. The molecule has 0 aliphatic heterocycles. The summed E-state index contributed by atoms with van der Waals surface area (Å²) in [6.45, 7) is 1.88. The quantitative estimate of drug-likeness (QED) is 0.216. The highest BCUT2D eigenvalue weighted by Crippen LogP contribution is 2.31. The minimum atomic E-state index is -0.593. The number of aromatic nitrogens is 1. The van der Waals surface area contributed by atoms with Gasteiger partial charge in [-0.15, -0.1) is 0 Å². The van der Waals surface area contributed by atoms with Crippen molar-refractivity contribution >= 4 is 28.5 Å². The van der Waals surface area contributed by atoms with Crippen LogP contribution in [0.1, 0.15) is 21.5 Å². The fourth-order valence-electron chi connectivity index (χ4n) is 4.38. The zero-order valence-electron chi connectivity index (χ0n) is 22.2. The summed E-state index contributed by atoms with van der Waals surface area (Å²) in [5, 5.41) is 3.38. The van der Waals surface area contributed by atoms with Gasteiger partial charge >= 0.3 is 5.97 Å². The highest BCUT2D eigenvalue weighted by Gasteiger charge is 2.21. The van der Waals surface area contributed by atoms with Gasteiger partial charge < -0.3 is 19.5 Å². The molecule has 0 unspecified atom stereocenters. The lowest BCUT2D eigenvalue weighted by molar-refractivity contribution is -0.119. The van der Waals surface area contributed by atoms with Crippen LogP contribution >= 0.6 is 0 Å². The predicted octanol–water partition coefficient (Wildman–Crippen LogP) is 6.59. The first-order chi connectivity index (χ1) is 19.5. The maximum Gasteiger partial charge on any atom is 0.339 e. The second kappa shape index (κ2) is 12.1. The number of nitrogens with one attached hydrogen (secondary N) is 1. The molecule has 0 aliphatic carbocycles. The van der Waals surface area contributed by atoms with Crippen LogP contribution in [0, 0.1) is 6.92 Å². The number of esters is 1. The number of pyridine rings is 1. The third kappa shape index (κ3) is 6.10. The van der Waals surface area contributed by atoms with Gasteiger partial charge in [-0.05, 0) is 72.6 Å². The number of ether oxygens (including phenoxy) is 3. The van der Waals surface area contributed by atoms with Crippen LogP contribution in [-0.4, -0.2) is 30.6 Å². The summed E-state index contributed by atoms with van der Waals surface area (Å²) in [7, 11) is 1.57.